The highest BCUT2D eigenvalue weighted by molar-refractivity contribution is 7.98. The lowest BCUT2D eigenvalue weighted by atomic mass is 10.4. The largest absolute Gasteiger partial charge is 0.519 e. The van der Waals surface area contributed by atoms with Crippen LogP contribution in [0.5, 0.6) is 0 Å². The first-order chi connectivity index (χ1) is 8.56. The van der Waals surface area contributed by atoms with Gasteiger partial charge < -0.3 is 8.83 Å². The van der Waals surface area contributed by atoms with Crippen LogP contribution in [0.4, 0.5) is 5.69 Å². The number of aromatic nitrogens is 1. The second-order valence-corrected chi connectivity index (χ2v) is 4.33. The van der Waals surface area contributed by atoms with E-state index in [0.717, 1.165) is 0 Å². The van der Waals surface area contributed by atoms with Crippen LogP contribution in [0.2, 0.25) is 0 Å². The predicted molar refractivity (Wildman–Crippen MR) is 62.4 cm³/mol. The van der Waals surface area contributed by atoms with Gasteiger partial charge in [-0.05, 0) is 13.0 Å². The molecule has 18 heavy (non-hydrogen) atoms. The smallest absolute Gasteiger partial charge is 0.396 e. The quantitative estimate of drug-likeness (QED) is 0.475. The van der Waals surface area contributed by atoms with Gasteiger partial charge >= 0.3 is 5.82 Å². The standard InChI is InChI=1S/C10H8N2O5S/c1-6-8(17-10(13)16-6)5-18-9-3-2-7(4-11-9)12(14)15/h2-4H,5H2,1H3. The molecule has 0 aliphatic rings. The number of hydrogen-bond donors (Lipinski definition) is 0. The number of thioether (sulfide) groups is 1. The molecular weight excluding hydrogens is 260 g/mol. The van der Waals surface area contributed by atoms with Crippen molar-refractivity contribution in [3.05, 3.63) is 50.6 Å². The normalized spacial score (nSPS) is 10.5. The summed E-state index contributed by atoms with van der Waals surface area (Å²) < 4.78 is 9.53. The molecule has 0 amide bonds. The van der Waals surface area contributed by atoms with Crippen molar-refractivity contribution < 1.29 is 13.8 Å². The summed E-state index contributed by atoms with van der Waals surface area (Å²) in [5.41, 5.74) is -0.0645. The fraction of sp³-hybridized carbons (Fsp3) is 0.200. The highest BCUT2D eigenvalue weighted by Gasteiger charge is 2.10. The van der Waals surface area contributed by atoms with Crippen molar-refractivity contribution in [1.82, 2.24) is 4.98 Å². The Bertz CT molecular complexity index is 616. The van der Waals surface area contributed by atoms with E-state index in [4.69, 9.17) is 8.83 Å². The van der Waals surface area contributed by atoms with Gasteiger partial charge in [0.15, 0.2) is 5.76 Å². The maximum Gasteiger partial charge on any atom is 0.519 e. The summed E-state index contributed by atoms with van der Waals surface area (Å²) in [6.07, 6.45) is 1.18. The summed E-state index contributed by atoms with van der Waals surface area (Å²) in [7, 11) is 0. The molecule has 2 heterocycles. The third-order valence-electron chi connectivity index (χ3n) is 2.12. The SMILES string of the molecule is Cc1oc(=O)oc1CSc1ccc([N+](=O)[O-])cn1. The summed E-state index contributed by atoms with van der Waals surface area (Å²) in [4.78, 5) is 24.7. The van der Waals surface area contributed by atoms with Gasteiger partial charge in [0, 0.05) is 6.07 Å². The molecule has 0 unspecified atom stereocenters. The second-order valence-electron chi connectivity index (χ2n) is 3.33. The van der Waals surface area contributed by atoms with Gasteiger partial charge in [0.25, 0.3) is 5.69 Å². The first-order valence-corrected chi connectivity index (χ1v) is 5.87. The molecule has 2 aromatic heterocycles. The van der Waals surface area contributed by atoms with Crippen molar-refractivity contribution in [3.8, 4) is 0 Å². The summed E-state index contributed by atoms with van der Waals surface area (Å²) in [5.74, 6) is 0.502. The highest BCUT2D eigenvalue weighted by Crippen LogP contribution is 2.23. The summed E-state index contributed by atoms with van der Waals surface area (Å²) in [6, 6.07) is 2.91. The Balaban J connectivity index is 2.04. The molecule has 0 fully saturated rings. The van der Waals surface area contributed by atoms with E-state index in [2.05, 4.69) is 4.98 Å². The Kier molecular flexibility index (Phi) is 3.47. The van der Waals surface area contributed by atoms with E-state index >= 15 is 0 Å². The lowest BCUT2D eigenvalue weighted by Gasteiger charge is -1.97. The topological polar surface area (TPSA) is 99.4 Å². The number of rotatable bonds is 4. The Morgan fingerprint density at radius 2 is 2.22 bits per heavy atom. The summed E-state index contributed by atoms with van der Waals surface area (Å²) in [5, 5.41) is 11.0. The third-order valence-corrected chi connectivity index (χ3v) is 3.06. The maximum atomic E-state index is 10.8. The van der Waals surface area contributed by atoms with Crippen molar-refractivity contribution >= 4 is 17.4 Å². The van der Waals surface area contributed by atoms with E-state index in [9.17, 15) is 14.9 Å². The van der Waals surface area contributed by atoms with Gasteiger partial charge in [0.1, 0.15) is 12.0 Å². The molecule has 0 bridgehead atoms. The molecule has 0 saturated heterocycles. The zero-order chi connectivity index (χ0) is 13.1. The molecule has 0 aromatic carbocycles. The van der Waals surface area contributed by atoms with E-state index in [1.54, 1.807) is 6.92 Å². The van der Waals surface area contributed by atoms with Crippen LogP contribution in [0.3, 0.4) is 0 Å². The van der Waals surface area contributed by atoms with Crippen molar-refractivity contribution in [2.45, 2.75) is 17.7 Å². The van der Waals surface area contributed by atoms with Crippen molar-refractivity contribution in [2.24, 2.45) is 0 Å². The molecule has 0 aliphatic carbocycles. The number of aryl methyl sites for hydroxylation is 1. The summed E-state index contributed by atoms with van der Waals surface area (Å²) >= 11 is 1.30. The minimum atomic E-state index is -0.736. The van der Waals surface area contributed by atoms with Crippen LogP contribution < -0.4 is 5.82 Å². The lowest BCUT2D eigenvalue weighted by molar-refractivity contribution is -0.385. The molecule has 0 saturated carbocycles. The average molecular weight is 268 g/mol. The van der Waals surface area contributed by atoms with Gasteiger partial charge in [-0.25, -0.2) is 9.78 Å². The van der Waals surface area contributed by atoms with E-state index in [1.807, 2.05) is 0 Å². The first kappa shape index (κ1) is 12.4. The minimum absolute atomic E-state index is 0.0645. The molecule has 94 valence electrons. The van der Waals surface area contributed by atoms with E-state index < -0.39 is 10.7 Å². The molecule has 0 aliphatic heterocycles. The number of nitrogens with zero attached hydrogens (tertiary/aromatic N) is 2. The van der Waals surface area contributed by atoms with Crippen LogP contribution in [0.15, 0.2) is 37.0 Å². The van der Waals surface area contributed by atoms with Gasteiger partial charge in [-0.3, -0.25) is 10.1 Å². The monoisotopic (exact) mass is 268 g/mol. The fourth-order valence-electron chi connectivity index (χ4n) is 1.21. The van der Waals surface area contributed by atoms with Gasteiger partial charge in [-0.2, -0.15) is 0 Å². The number of hydrogen-bond acceptors (Lipinski definition) is 7. The molecule has 0 N–H and O–H groups in total. The molecular formula is C10H8N2O5S. The van der Waals surface area contributed by atoms with Crippen LogP contribution in [0.25, 0.3) is 0 Å². The Hall–Kier alpha value is -2.09. The highest BCUT2D eigenvalue weighted by atomic mass is 32.2. The minimum Gasteiger partial charge on any atom is -0.396 e. The zero-order valence-corrected chi connectivity index (χ0v) is 10.1. The first-order valence-electron chi connectivity index (χ1n) is 4.89. The molecule has 8 heteroatoms. The van der Waals surface area contributed by atoms with Crippen molar-refractivity contribution in [2.75, 3.05) is 0 Å². The fourth-order valence-corrected chi connectivity index (χ4v) is 2.04. The average Bonchev–Trinajstić information content (AvgIpc) is 2.66. The zero-order valence-electron chi connectivity index (χ0n) is 9.28. The second kappa shape index (κ2) is 5.05. The Morgan fingerprint density at radius 1 is 1.44 bits per heavy atom. The Labute approximate surface area is 105 Å². The van der Waals surface area contributed by atoms with Crippen LogP contribution in [-0.4, -0.2) is 9.91 Å². The molecule has 0 spiro atoms. The molecule has 2 rings (SSSR count). The molecule has 0 atom stereocenters. The summed E-state index contributed by atoms with van der Waals surface area (Å²) in [6.45, 7) is 1.63. The van der Waals surface area contributed by atoms with Gasteiger partial charge in [-0.15, -0.1) is 0 Å². The van der Waals surface area contributed by atoms with Crippen LogP contribution in [0, 0.1) is 17.0 Å². The van der Waals surface area contributed by atoms with E-state index in [-0.39, 0.29) is 5.69 Å². The Morgan fingerprint density at radius 3 is 2.72 bits per heavy atom. The number of pyridine rings is 1. The van der Waals surface area contributed by atoms with E-state index in [1.165, 1.54) is 30.1 Å². The van der Waals surface area contributed by atoms with E-state index in [0.29, 0.717) is 22.3 Å². The molecule has 7 nitrogen and oxygen atoms in total. The molecule has 2 aromatic rings. The lowest BCUT2D eigenvalue weighted by Crippen LogP contribution is -1.90. The van der Waals surface area contributed by atoms with Crippen molar-refractivity contribution in [3.63, 3.8) is 0 Å². The predicted octanol–water partition coefficient (Wildman–Crippen LogP) is 2.14. The maximum absolute atomic E-state index is 10.8. The number of nitro groups is 1. The van der Waals surface area contributed by atoms with Crippen LogP contribution in [0.1, 0.15) is 11.5 Å². The van der Waals surface area contributed by atoms with Crippen LogP contribution >= 0.6 is 11.8 Å². The molecule has 0 radical (unpaired) electrons. The van der Waals surface area contributed by atoms with Gasteiger partial charge in [0.05, 0.1) is 15.7 Å². The third kappa shape index (κ3) is 2.77. The van der Waals surface area contributed by atoms with Gasteiger partial charge in [0.2, 0.25) is 0 Å². The van der Waals surface area contributed by atoms with Crippen LogP contribution in [-0.2, 0) is 5.75 Å². The van der Waals surface area contributed by atoms with Gasteiger partial charge in [-0.1, -0.05) is 11.8 Å². The van der Waals surface area contributed by atoms with Crippen molar-refractivity contribution in [1.29, 1.82) is 0 Å².